The fourth-order valence-corrected chi connectivity index (χ4v) is 3.17. The number of hydrogen-bond acceptors (Lipinski definition) is 6. The molecule has 0 spiro atoms. The molecule has 1 fully saturated rings. The fraction of sp³-hybridized carbons (Fsp3) is 0.615. The number of anilines is 1. The zero-order valence-electron chi connectivity index (χ0n) is 12.1. The van der Waals surface area contributed by atoms with E-state index in [0.717, 1.165) is 18.0 Å². The molecule has 0 saturated carbocycles. The molecule has 0 bridgehead atoms. The van der Waals surface area contributed by atoms with Gasteiger partial charge in [0, 0.05) is 13.1 Å². The van der Waals surface area contributed by atoms with Crippen LogP contribution >= 0.6 is 23.1 Å². The van der Waals surface area contributed by atoms with E-state index >= 15 is 0 Å². The highest BCUT2D eigenvalue weighted by Gasteiger charge is 2.29. The number of carbonyl (C=O) groups is 1. The van der Waals surface area contributed by atoms with Crippen LogP contribution < -0.4 is 10.2 Å². The smallest absolute Gasteiger partial charge is 0.407 e. The third-order valence-corrected chi connectivity index (χ3v) is 4.22. The summed E-state index contributed by atoms with van der Waals surface area (Å²) in [5.74, 6) is 0. The molecule has 1 atom stereocenters. The van der Waals surface area contributed by atoms with E-state index < -0.39 is 11.7 Å². The quantitative estimate of drug-likeness (QED) is 0.903. The van der Waals surface area contributed by atoms with Gasteiger partial charge >= 0.3 is 6.09 Å². The largest absolute Gasteiger partial charge is 0.444 e. The van der Waals surface area contributed by atoms with Crippen LogP contribution in [0.15, 0.2) is 0 Å². The van der Waals surface area contributed by atoms with Gasteiger partial charge in [-0.05, 0) is 38.7 Å². The van der Waals surface area contributed by atoms with Gasteiger partial charge in [0.15, 0.2) is 5.15 Å². The maximum atomic E-state index is 11.8. The number of nitriles is 1. The number of halogens is 1. The zero-order valence-corrected chi connectivity index (χ0v) is 13.7. The van der Waals surface area contributed by atoms with E-state index in [9.17, 15) is 4.79 Å². The van der Waals surface area contributed by atoms with Gasteiger partial charge in [-0.25, -0.2) is 4.79 Å². The number of nitrogens with one attached hydrogen (secondary N) is 1. The summed E-state index contributed by atoms with van der Waals surface area (Å²) in [7, 11) is 0. The van der Waals surface area contributed by atoms with Crippen molar-refractivity contribution in [3.8, 4) is 6.07 Å². The van der Waals surface area contributed by atoms with Crippen LogP contribution in [0.5, 0.6) is 0 Å². The normalized spacial score (nSPS) is 18.4. The number of nitrogens with zero attached hydrogens (tertiary/aromatic N) is 3. The molecule has 1 saturated heterocycles. The first-order valence-corrected chi connectivity index (χ1v) is 7.75. The zero-order chi connectivity index (χ0) is 15.6. The molecule has 6 nitrogen and oxygen atoms in total. The fourth-order valence-electron chi connectivity index (χ4n) is 2.11. The Morgan fingerprint density at radius 2 is 2.33 bits per heavy atom. The van der Waals surface area contributed by atoms with Crippen molar-refractivity contribution in [2.45, 2.75) is 38.8 Å². The Morgan fingerprint density at radius 1 is 1.62 bits per heavy atom. The molecular weight excluding hydrogens is 312 g/mol. The molecule has 2 rings (SSSR count). The summed E-state index contributed by atoms with van der Waals surface area (Å²) in [6.07, 6.45) is 0.372. The Balaban J connectivity index is 1.95. The predicted octanol–water partition coefficient (Wildman–Crippen LogP) is 2.77. The first kappa shape index (κ1) is 15.9. The van der Waals surface area contributed by atoms with Crippen molar-refractivity contribution in [1.82, 2.24) is 9.69 Å². The molecule has 0 radical (unpaired) electrons. The summed E-state index contributed by atoms with van der Waals surface area (Å²) in [5.41, 5.74) is -0.110. The lowest BCUT2D eigenvalue weighted by Crippen LogP contribution is -2.40. The van der Waals surface area contributed by atoms with Crippen LogP contribution in [0.2, 0.25) is 5.15 Å². The van der Waals surface area contributed by atoms with Gasteiger partial charge in [0.1, 0.15) is 22.2 Å². The molecule has 114 valence electrons. The summed E-state index contributed by atoms with van der Waals surface area (Å²) in [6, 6.07) is 2.06. The van der Waals surface area contributed by atoms with Gasteiger partial charge in [-0.15, -0.1) is 0 Å². The van der Waals surface area contributed by atoms with Crippen LogP contribution in [0, 0.1) is 11.3 Å². The van der Waals surface area contributed by atoms with Crippen LogP contribution in [-0.2, 0) is 4.74 Å². The van der Waals surface area contributed by atoms with E-state index in [2.05, 4.69) is 15.8 Å². The number of ether oxygens (including phenoxy) is 1. The Kier molecular flexibility index (Phi) is 4.59. The maximum Gasteiger partial charge on any atom is 0.407 e. The van der Waals surface area contributed by atoms with Gasteiger partial charge < -0.3 is 15.0 Å². The lowest BCUT2D eigenvalue weighted by Gasteiger charge is -2.22. The minimum atomic E-state index is -0.512. The lowest BCUT2D eigenvalue weighted by atomic mass is 10.2. The predicted molar refractivity (Wildman–Crippen MR) is 81.8 cm³/mol. The average Bonchev–Trinajstić information content (AvgIpc) is 2.92. The van der Waals surface area contributed by atoms with Crippen molar-refractivity contribution in [3.63, 3.8) is 0 Å². The highest BCUT2D eigenvalue weighted by Crippen LogP contribution is 2.33. The summed E-state index contributed by atoms with van der Waals surface area (Å²) < 4.78 is 9.24. The van der Waals surface area contributed by atoms with E-state index in [1.165, 1.54) is 11.5 Å². The van der Waals surface area contributed by atoms with E-state index in [1.54, 1.807) is 0 Å². The number of rotatable bonds is 2. The third kappa shape index (κ3) is 3.99. The number of carbonyl (C=O) groups excluding carboxylic acids is 1. The molecule has 21 heavy (non-hydrogen) atoms. The van der Waals surface area contributed by atoms with Crippen molar-refractivity contribution < 1.29 is 9.53 Å². The van der Waals surface area contributed by atoms with Crippen molar-refractivity contribution >= 4 is 34.2 Å². The SMILES string of the molecule is CC(C)(C)OC(=O)NC1CCN(c2snc(Cl)c2C#N)C1. The minimum Gasteiger partial charge on any atom is -0.444 e. The van der Waals surface area contributed by atoms with Crippen LogP contribution in [0.4, 0.5) is 9.80 Å². The first-order valence-electron chi connectivity index (χ1n) is 6.60. The third-order valence-electron chi connectivity index (χ3n) is 2.94. The van der Waals surface area contributed by atoms with Crippen LogP contribution in [-0.4, -0.2) is 35.2 Å². The molecule has 1 N–H and O–H groups in total. The summed E-state index contributed by atoms with van der Waals surface area (Å²) in [5, 5.41) is 12.9. The van der Waals surface area contributed by atoms with Crippen LogP contribution in [0.3, 0.4) is 0 Å². The van der Waals surface area contributed by atoms with E-state index in [-0.39, 0.29) is 11.2 Å². The van der Waals surface area contributed by atoms with Crippen molar-refractivity contribution in [2.75, 3.05) is 18.0 Å². The molecule has 2 heterocycles. The highest BCUT2D eigenvalue weighted by molar-refractivity contribution is 7.10. The second kappa shape index (κ2) is 6.08. The van der Waals surface area contributed by atoms with E-state index in [1.807, 2.05) is 25.7 Å². The average molecular weight is 329 g/mol. The van der Waals surface area contributed by atoms with Crippen LogP contribution in [0.1, 0.15) is 32.8 Å². The van der Waals surface area contributed by atoms with E-state index in [4.69, 9.17) is 21.6 Å². The molecule has 1 aromatic heterocycles. The molecule has 1 aliphatic rings. The van der Waals surface area contributed by atoms with E-state index in [0.29, 0.717) is 12.1 Å². The van der Waals surface area contributed by atoms with Crippen molar-refractivity contribution in [2.24, 2.45) is 0 Å². The Bertz CT molecular complexity index is 576. The second-order valence-corrected chi connectivity index (χ2v) is 6.95. The lowest BCUT2D eigenvalue weighted by molar-refractivity contribution is 0.0509. The number of hydrogen-bond donors (Lipinski definition) is 1. The monoisotopic (exact) mass is 328 g/mol. The Labute approximate surface area is 132 Å². The first-order chi connectivity index (χ1) is 9.80. The minimum absolute atomic E-state index is 0.00716. The molecule has 1 aromatic rings. The molecule has 0 aromatic carbocycles. The highest BCUT2D eigenvalue weighted by atomic mass is 35.5. The summed E-state index contributed by atoms with van der Waals surface area (Å²) >= 11 is 7.08. The summed E-state index contributed by atoms with van der Waals surface area (Å²) in [6.45, 7) is 6.84. The van der Waals surface area contributed by atoms with Crippen LogP contribution in [0.25, 0.3) is 0 Å². The van der Waals surface area contributed by atoms with Gasteiger partial charge in [-0.1, -0.05) is 11.6 Å². The van der Waals surface area contributed by atoms with Gasteiger partial charge in [-0.3, -0.25) is 0 Å². The van der Waals surface area contributed by atoms with Gasteiger partial charge in [0.25, 0.3) is 0 Å². The van der Waals surface area contributed by atoms with Gasteiger partial charge in [0.2, 0.25) is 0 Å². The Morgan fingerprint density at radius 3 is 2.95 bits per heavy atom. The number of amides is 1. The Hall–Kier alpha value is -1.52. The molecule has 1 aliphatic heterocycles. The number of aromatic nitrogens is 1. The topological polar surface area (TPSA) is 78.2 Å². The molecule has 1 unspecified atom stereocenters. The molecular formula is C13H17ClN4O2S. The van der Waals surface area contributed by atoms with Gasteiger partial charge in [-0.2, -0.15) is 9.64 Å². The summed E-state index contributed by atoms with van der Waals surface area (Å²) in [4.78, 5) is 13.8. The maximum absolute atomic E-state index is 11.8. The van der Waals surface area contributed by atoms with Crippen molar-refractivity contribution in [1.29, 1.82) is 5.26 Å². The number of alkyl carbamates (subject to hydrolysis) is 1. The molecule has 1 amide bonds. The standard InChI is InChI=1S/C13H17ClN4O2S/c1-13(2,3)20-12(19)16-8-4-5-18(7-8)11-9(6-15)10(14)17-21-11/h8H,4-5,7H2,1-3H3,(H,16,19). The molecule has 8 heteroatoms. The van der Waals surface area contributed by atoms with Gasteiger partial charge in [0.05, 0.1) is 6.04 Å². The second-order valence-electron chi connectivity index (χ2n) is 5.84. The molecule has 0 aliphatic carbocycles. The van der Waals surface area contributed by atoms with Crippen molar-refractivity contribution in [3.05, 3.63) is 10.7 Å².